The van der Waals surface area contributed by atoms with Crippen LogP contribution < -0.4 is 16.4 Å². The Bertz CT molecular complexity index is 408. The lowest BCUT2D eigenvalue weighted by Crippen LogP contribution is -2.38. The molecule has 0 spiro atoms. The van der Waals surface area contributed by atoms with Gasteiger partial charge in [-0.3, -0.25) is 0 Å². The monoisotopic (exact) mass is 255 g/mol. The Kier molecular flexibility index (Phi) is 4.84. The molecule has 4 nitrogen and oxygen atoms in total. The number of urea groups is 1. The summed E-state index contributed by atoms with van der Waals surface area (Å²) in [6.07, 6.45) is 0.437. The number of thiocarbonyl (C=S) groups is 1. The molecule has 0 aliphatic carbocycles. The van der Waals surface area contributed by atoms with E-state index < -0.39 is 0 Å². The van der Waals surface area contributed by atoms with Crippen LogP contribution >= 0.6 is 12.2 Å². The molecular weight excluding hydrogens is 241 g/mol. The molecule has 0 saturated carbocycles. The van der Waals surface area contributed by atoms with Crippen molar-refractivity contribution in [3.05, 3.63) is 30.1 Å². The number of nitrogens with one attached hydrogen (secondary N) is 2. The summed E-state index contributed by atoms with van der Waals surface area (Å²) < 4.78 is 12.6. The first-order valence-corrected chi connectivity index (χ1v) is 5.49. The van der Waals surface area contributed by atoms with Crippen LogP contribution in [0.25, 0.3) is 0 Å². The SMILES string of the molecule is CC(CC(N)=S)NC(=O)Nc1ccc(F)cc1. The number of halogens is 1. The zero-order valence-corrected chi connectivity index (χ0v) is 10.2. The van der Waals surface area contributed by atoms with Gasteiger partial charge in [0.1, 0.15) is 5.82 Å². The second-order valence-corrected chi connectivity index (χ2v) is 4.20. The van der Waals surface area contributed by atoms with Crippen molar-refractivity contribution in [2.24, 2.45) is 5.73 Å². The van der Waals surface area contributed by atoms with E-state index in [0.717, 1.165) is 0 Å². The maximum Gasteiger partial charge on any atom is 0.319 e. The van der Waals surface area contributed by atoms with Gasteiger partial charge in [0.05, 0.1) is 4.99 Å². The van der Waals surface area contributed by atoms with Gasteiger partial charge in [-0.05, 0) is 31.2 Å². The Morgan fingerprint density at radius 1 is 1.47 bits per heavy atom. The molecular formula is C11H14FN3OS. The minimum Gasteiger partial charge on any atom is -0.393 e. The van der Waals surface area contributed by atoms with E-state index >= 15 is 0 Å². The van der Waals surface area contributed by atoms with Gasteiger partial charge in [0.25, 0.3) is 0 Å². The van der Waals surface area contributed by atoms with Gasteiger partial charge < -0.3 is 16.4 Å². The summed E-state index contributed by atoms with van der Waals surface area (Å²) in [7, 11) is 0. The highest BCUT2D eigenvalue weighted by molar-refractivity contribution is 7.80. The van der Waals surface area contributed by atoms with Crippen LogP contribution in [0.15, 0.2) is 24.3 Å². The molecule has 0 aromatic heterocycles. The Hall–Kier alpha value is -1.69. The number of rotatable bonds is 4. The van der Waals surface area contributed by atoms with Gasteiger partial charge >= 0.3 is 6.03 Å². The van der Waals surface area contributed by atoms with Crippen LogP contribution in [0.1, 0.15) is 13.3 Å². The normalized spacial score (nSPS) is 11.6. The Labute approximate surface area is 104 Å². The first-order chi connectivity index (χ1) is 7.97. The van der Waals surface area contributed by atoms with Crippen LogP contribution in [0, 0.1) is 5.82 Å². The Morgan fingerprint density at radius 3 is 2.59 bits per heavy atom. The number of hydrogen-bond acceptors (Lipinski definition) is 2. The topological polar surface area (TPSA) is 67.1 Å². The predicted molar refractivity (Wildman–Crippen MR) is 69.4 cm³/mol. The largest absolute Gasteiger partial charge is 0.393 e. The molecule has 0 heterocycles. The van der Waals surface area contributed by atoms with Gasteiger partial charge in [-0.2, -0.15) is 0 Å². The molecule has 0 fully saturated rings. The summed E-state index contributed by atoms with van der Waals surface area (Å²) in [6.45, 7) is 1.80. The number of amides is 2. The standard InChI is InChI=1S/C11H14FN3OS/c1-7(6-10(13)17)14-11(16)15-9-4-2-8(12)3-5-9/h2-5,7H,6H2,1H3,(H2,13,17)(H2,14,15,16). The molecule has 6 heteroatoms. The van der Waals surface area contributed by atoms with Crippen LogP contribution in [-0.2, 0) is 0 Å². The summed E-state index contributed by atoms with van der Waals surface area (Å²) in [5.41, 5.74) is 5.88. The van der Waals surface area contributed by atoms with E-state index in [2.05, 4.69) is 10.6 Å². The smallest absolute Gasteiger partial charge is 0.319 e. The Morgan fingerprint density at radius 2 is 2.06 bits per heavy atom. The second kappa shape index (κ2) is 6.15. The van der Waals surface area contributed by atoms with Crippen molar-refractivity contribution in [3.8, 4) is 0 Å². The second-order valence-electron chi connectivity index (χ2n) is 3.68. The van der Waals surface area contributed by atoms with E-state index in [9.17, 15) is 9.18 Å². The van der Waals surface area contributed by atoms with Gasteiger partial charge in [-0.25, -0.2) is 9.18 Å². The molecule has 0 saturated heterocycles. The molecule has 1 aromatic rings. The Balaban J connectivity index is 2.44. The summed E-state index contributed by atoms with van der Waals surface area (Å²) >= 11 is 4.73. The van der Waals surface area contributed by atoms with E-state index in [1.807, 2.05) is 0 Å². The average Bonchev–Trinajstić information content (AvgIpc) is 2.19. The van der Waals surface area contributed by atoms with Crippen LogP contribution in [-0.4, -0.2) is 17.1 Å². The summed E-state index contributed by atoms with van der Waals surface area (Å²) in [5.74, 6) is -0.349. The fraction of sp³-hybridized carbons (Fsp3) is 0.273. The van der Waals surface area contributed by atoms with Crippen molar-refractivity contribution in [2.75, 3.05) is 5.32 Å². The number of carbonyl (C=O) groups is 1. The third kappa shape index (κ3) is 5.26. The van der Waals surface area contributed by atoms with Crippen LogP contribution in [0.5, 0.6) is 0 Å². The zero-order valence-electron chi connectivity index (χ0n) is 9.37. The number of carbonyl (C=O) groups excluding carboxylic acids is 1. The molecule has 1 aromatic carbocycles. The van der Waals surface area contributed by atoms with E-state index in [1.165, 1.54) is 24.3 Å². The third-order valence-electron chi connectivity index (χ3n) is 1.99. The number of anilines is 1. The lowest BCUT2D eigenvalue weighted by molar-refractivity contribution is 0.249. The molecule has 1 unspecified atom stereocenters. The highest BCUT2D eigenvalue weighted by Crippen LogP contribution is 2.07. The highest BCUT2D eigenvalue weighted by atomic mass is 32.1. The van der Waals surface area contributed by atoms with E-state index in [1.54, 1.807) is 6.92 Å². The van der Waals surface area contributed by atoms with Crippen molar-refractivity contribution in [1.29, 1.82) is 0 Å². The number of nitrogens with two attached hydrogens (primary N) is 1. The van der Waals surface area contributed by atoms with Crippen LogP contribution in [0.4, 0.5) is 14.9 Å². The van der Waals surface area contributed by atoms with Gasteiger partial charge in [-0.15, -0.1) is 0 Å². The van der Waals surface area contributed by atoms with Crippen LogP contribution in [0.3, 0.4) is 0 Å². The summed E-state index contributed by atoms with van der Waals surface area (Å²) in [4.78, 5) is 11.8. The fourth-order valence-electron chi connectivity index (χ4n) is 1.28. The first kappa shape index (κ1) is 13.4. The number of hydrogen-bond donors (Lipinski definition) is 3. The molecule has 0 aliphatic rings. The van der Waals surface area contributed by atoms with Crippen molar-refractivity contribution >= 4 is 28.9 Å². The lowest BCUT2D eigenvalue weighted by Gasteiger charge is -2.13. The highest BCUT2D eigenvalue weighted by Gasteiger charge is 2.08. The first-order valence-electron chi connectivity index (χ1n) is 5.09. The molecule has 1 rings (SSSR count). The van der Waals surface area contributed by atoms with E-state index in [0.29, 0.717) is 17.1 Å². The quantitative estimate of drug-likeness (QED) is 0.721. The molecule has 0 radical (unpaired) electrons. The van der Waals surface area contributed by atoms with E-state index in [-0.39, 0.29) is 17.9 Å². The van der Waals surface area contributed by atoms with Crippen LogP contribution in [0.2, 0.25) is 0 Å². The lowest BCUT2D eigenvalue weighted by atomic mass is 10.2. The fourth-order valence-corrected chi connectivity index (χ4v) is 1.53. The summed E-state index contributed by atoms with van der Waals surface area (Å²) in [6, 6.07) is 4.98. The van der Waals surface area contributed by atoms with Gasteiger partial charge in [0, 0.05) is 18.2 Å². The number of benzene rings is 1. The third-order valence-corrected chi connectivity index (χ3v) is 2.15. The predicted octanol–water partition coefficient (Wildman–Crippen LogP) is 2.01. The minimum absolute atomic E-state index is 0.145. The molecule has 17 heavy (non-hydrogen) atoms. The average molecular weight is 255 g/mol. The minimum atomic E-state index is -0.375. The summed E-state index contributed by atoms with van der Waals surface area (Å²) in [5, 5.41) is 5.24. The maximum absolute atomic E-state index is 12.6. The molecule has 0 aliphatic heterocycles. The maximum atomic E-state index is 12.6. The van der Waals surface area contributed by atoms with Crippen molar-refractivity contribution in [3.63, 3.8) is 0 Å². The van der Waals surface area contributed by atoms with Gasteiger partial charge in [0.2, 0.25) is 0 Å². The van der Waals surface area contributed by atoms with Crippen molar-refractivity contribution in [2.45, 2.75) is 19.4 Å². The molecule has 1 atom stereocenters. The molecule has 0 bridgehead atoms. The van der Waals surface area contributed by atoms with Gasteiger partial charge in [0.15, 0.2) is 0 Å². The van der Waals surface area contributed by atoms with Gasteiger partial charge in [-0.1, -0.05) is 12.2 Å². The molecule has 2 amide bonds. The van der Waals surface area contributed by atoms with Crippen molar-refractivity contribution < 1.29 is 9.18 Å². The molecule has 4 N–H and O–H groups in total. The van der Waals surface area contributed by atoms with E-state index in [4.69, 9.17) is 18.0 Å². The zero-order chi connectivity index (χ0) is 12.8. The molecule has 92 valence electrons. The van der Waals surface area contributed by atoms with Crippen molar-refractivity contribution in [1.82, 2.24) is 5.32 Å².